The third kappa shape index (κ3) is 5.81. The molecule has 2 amide bonds. The van der Waals surface area contributed by atoms with Gasteiger partial charge in [-0.2, -0.15) is 0 Å². The third-order valence-electron chi connectivity index (χ3n) is 5.58. The van der Waals surface area contributed by atoms with E-state index in [0.29, 0.717) is 23.0 Å². The smallest absolute Gasteiger partial charge is 0.262 e. The summed E-state index contributed by atoms with van der Waals surface area (Å²) in [4.78, 5) is 30.3. The lowest BCUT2D eigenvalue weighted by Gasteiger charge is -2.32. The van der Waals surface area contributed by atoms with Crippen LogP contribution in [0.15, 0.2) is 66.9 Å². The fourth-order valence-electron chi connectivity index (χ4n) is 3.83. The van der Waals surface area contributed by atoms with E-state index in [2.05, 4.69) is 10.3 Å². The maximum atomic E-state index is 12.3. The Balaban J connectivity index is 1.31. The molecule has 1 atom stereocenters. The Kier molecular flexibility index (Phi) is 7.10. The molecule has 7 nitrogen and oxygen atoms in total. The molecule has 1 saturated heterocycles. The summed E-state index contributed by atoms with van der Waals surface area (Å²) in [5.41, 5.74) is 8.03. The number of primary amides is 1. The van der Waals surface area contributed by atoms with Crippen LogP contribution in [0.1, 0.15) is 12.8 Å². The number of hydrogen-bond acceptors (Lipinski definition) is 5. The second-order valence-corrected chi connectivity index (χ2v) is 8.35. The van der Waals surface area contributed by atoms with Crippen molar-refractivity contribution in [1.82, 2.24) is 4.98 Å². The average molecular weight is 465 g/mol. The predicted octanol–water partition coefficient (Wildman–Crippen LogP) is 4.12. The Morgan fingerprint density at radius 3 is 2.64 bits per heavy atom. The Bertz CT molecular complexity index is 1120. The molecular formula is C25H25ClN4O3. The lowest BCUT2D eigenvalue weighted by atomic mass is 9.97. The molecule has 1 aromatic heterocycles. The van der Waals surface area contributed by atoms with Gasteiger partial charge >= 0.3 is 0 Å². The Hall–Kier alpha value is -3.58. The number of nitrogens with two attached hydrogens (primary N) is 1. The lowest BCUT2D eigenvalue weighted by molar-refractivity contribution is -0.122. The van der Waals surface area contributed by atoms with Crippen molar-refractivity contribution >= 4 is 34.9 Å². The first-order chi connectivity index (χ1) is 16.0. The van der Waals surface area contributed by atoms with Gasteiger partial charge in [0.1, 0.15) is 11.6 Å². The van der Waals surface area contributed by atoms with Gasteiger partial charge in [0.15, 0.2) is 6.61 Å². The molecule has 3 aromatic rings. The summed E-state index contributed by atoms with van der Waals surface area (Å²) in [6.45, 7) is 1.20. The number of hydrogen-bond donors (Lipinski definition) is 2. The Morgan fingerprint density at radius 1 is 1.12 bits per heavy atom. The number of anilines is 2. The van der Waals surface area contributed by atoms with Crippen LogP contribution in [0.5, 0.6) is 5.75 Å². The summed E-state index contributed by atoms with van der Waals surface area (Å²) >= 11 is 6.34. The second-order valence-electron chi connectivity index (χ2n) is 7.94. The lowest BCUT2D eigenvalue weighted by Crippen LogP contribution is -2.41. The van der Waals surface area contributed by atoms with Gasteiger partial charge in [-0.05, 0) is 48.2 Å². The number of amides is 2. The minimum atomic E-state index is -0.320. The Labute approximate surface area is 197 Å². The van der Waals surface area contributed by atoms with Gasteiger partial charge in [0.2, 0.25) is 5.91 Å². The number of benzene rings is 2. The van der Waals surface area contributed by atoms with Crippen LogP contribution in [0.4, 0.5) is 11.5 Å². The fourth-order valence-corrected chi connectivity index (χ4v) is 4.07. The number of rotatable bonds is 7. The molecule has 1 fully saturated rings. The van der Waals surface area contributed by atoms with Gasteiger partial charge in [-0.1, -0.05) is 48.0 Å². The average Bonchev–Trinajstić information content (AvgIpc) is 2.84. The van der Waals surface area contributed by atoms with Gasteiger partial charge in [-0.25, -0.2) is 4.98 Å². The summed E-state index contributed by atoms with van der Waals surface area (Å²) in [5.74, 6) is 0.429. The van der Waals surface area contributed by atoms with Crippen molar-refractivity contribution in [2.45, 2.75) is 12.8 Å². The molecule has 0 spiro atoms. The number of carbonyl (C=O) groups excluding carboxylic acids is 2. The Morgan fingerprint density at radius 2 is 1.94 bits per heavy atom. The number of pyridine rings is 1. The van der Waals surface area contributed by atoms with E-state index in [-0.39, 0.29) is 24.3 Å². The van der Waals surface area contributed by atoms with Gasteiger partial charge in [0, 0.05) is 13.1 Å². The van der Waals surface area contributed by atoms with Crippen LogP contribution < -0.4 is 20.7 Å². The summed E-state index contributed by atoms with van der Waals surface area (Å²) in [6.07, 6.45) is 3.28. The number of aromatic nitrogens is 1. The first-order valence-corrected chi connectivity index (χ1v) is 11.2. The molecule has 1 aliphatic heterocycles. The molecule has 170 valence electrons. The normalized spacial score (nSPS) is 15.7. The summed E-state index contributed by atoms with van der Waals surface area (Å²) in [5, 5.41) is 3.20. The molecule has 0 radical (unpaired) electrons. The van der Waals surface area contributed by atoms with Crippen LogP contribution in [0.25, 0.3) is 11.1 Å². The highest BCUT2D eigenvalue weighted by Crippen LogP contribution is 2.30. The van der Waals surface area contributed by atoms with E-state index in [9.17, 15) is 9.59 Å². The van der Waals surface area contributed by atoms with E-state index in [0.717, 1.165) is 36.3 Å². The van der Waals surface area contributed by atoms with Crippen molar-refractivity contribution < 1.29 is 14.3 Å². The van der Waals surface area contributed by atoms with Crippen LogP contribution in [-0.2, 0) is 9.59 Å². The van der Waals surface area contributed by atoms with Gasteiger partial charge in [-0.3, -0.25) is 9.59 Å². The van der Waals surface area contributed by atoms with Gasteiger partial charge < -0.3 is 20.7 Å². The third-order valence-corrected chi connectivity index (χ3v) is 5.87. The van der Waals surface area contributed by atoms with Crippen molar-refractivity contribution in [3.63, 3.8) is 0 Å². The fraction of sp³-hybridized carbons (Fsp3) is 0.240. The molecule has 2 heterocycles. The van der Waals surface area contributed by atoms with Gasteiger partial charge in [0.25, 0.3) is 5.91 Å². The summed E-state index contributed by atoms with van der Waals surface area (Å²) in [6, 6.07) is 18.9. The molecule has 4 rings (SSSR count). The highest BCUT2D eigenvalue weighted by molar-refractivity contribution is 6.32. The quantitative estimate of drug-likeness (QED) is 0.548. The molecule has 8 heteroatoms. The first kappa shape index (κ1) is 22.6. The zero-order chi connectivity index (χ0) is 23.2. The maximum Gasteiger partial charge on any atom is 0.262 e. The summed E-state index contributed by atoms with van der Waals surface area (Å²) in [7, 11) is 0. The monoisotopic (exact) mass is 464 g/mol. The van der Waals surface area contributed by atoms with E-state index >= 15 is 0 Å². The molecule has 0 aliphatic carbocycles. The van der Waals surface area contributed by atoms with Crippen molar-refractivity contribution in [3.05, 3.63) is 71.9 Å². The van der Waals surface area contributed by atoms with Gasteiger partial charge in [0.05, 0.1) is 22.8 Å². The SMILES string of the molecule is NC(=O)C1CCCN(c2ccc(NC(=O)COc3ccc(-c4ccccc4)cc3Cl)cn2)C1. The maximum absolute atomic E-state index is 12.3. The molecule has 2 aromatic carbocycles. The van der Waals surface area contributed by atoms with Gasteiger partial charge in [-0.15, -0.1) is 0 Å². The number of piperidine rings is 1. The van der Waals surface area contributed by atoms with E-state index in [1.54, 1.807) is 18.3 Å². The van der Waals surface area contributed by atoms with E-state index in [1.807, 2.05) is 53.4 Å². The van der Waals surface area contributed by atoms with Crippen LogP contribution in [-0.4, -0.2) is 36.5 Å². The standard InChI is InChI=1S/C25H25ClN4O3/c26-21-13-18(17-5-2-1-3-6-17)8-10-22(21)33-16-24(31)29-20-9-11-23(28-14-20)30-12-4-7-19(15-30)25(27)32/h1-3,5-6,8-11,13-14,19H,4,7,12,15-16H2,(H2,27,32)(H,29,31). The second kappa shape index (κ2) is 10.4. The van der Waals surface area contributed by atoms with Crippen LogP contribution >= 0.6 is 11.6 Å². The van der Waals surface area contributed by atoms with Crippen LogP contribution in [0.3, 0.4) is 0 Å². The molecule has 33 heavy (non-hydrogen) atoms. The molecular weight excluding hydrogens is 440 g/mol. The van der Waals surface area contributed by atoms with Crippen molar-refractivity contribution in [3.8, 4) is 16.9 Å². The van der Waals surface area contributed by atoms with Crippen molar-refractivity contribution in [2.75, 3.05) is 29.9 Å². The number of ether oxygens (including phenoxy) is 1. The zero-order valence-corrected chi connectivity index (χ0v) is 18.8. The number of nitrogens with one attached hydrogen (secondary N) is 1. The van der Waals surface area contributed by atoms with E-state index in [1.165, 1.54) is 0 Å². The molecule has 0 bridgehead atoms. The number of carbonyl (C=O) groups is 2. The predicted molar refractivity (Wildman–Crippen MR) is 129 cm³/mol. The summed E-state index contributed by atoms with van der Waals surface area (Å²) < 4.78 is 5.60. The molecule has 1 unspecified atom stereocenters. The van der Waals surface area contributed by atoms with E-state index < -0.39 is 0 Å². The van der Waals surface area contributed by atoms with Crippen LogP contribution in [0, 0.1) is 5.92 Å². The topological polar surface area (TPSA) is 97.6 Å². The molecule has 3 N–H and O–H groups in total. The minimum absolute atomic E-state index is 0.161. The first-order valence-electron chi connectivity index (χ1n) is 10.8. The number of halogens is 1. The highest BCUT2D eigenvalue weighted by Gasteiger charge is 2.24. The zero-order valence-electron chi connectivity index (χ0n) is 18.0. The van der Waals surface area contributed by atoms with E-state index in [4.69, 9.17) is 22.1 Å². The molecule has 1 aliphatic rings. The number of nitrogens with zero attached hydrogens (tertiary/aromatic N) is 2. The van der Waals surface area contributed by atoms with Crippen LogP contribution in [0.2, 0.25) is 5.02 Å². The van der Waals surface area contributed by atoms with Crippen molar-refractivity contribution in [2.24, 2.45) is 11.7 Å². The largest absolute Gasteiger partial charge is 0.482 e. The minimum Gasteiger partial charge on any atom is -0.482 e. The highest BCUT2D eigenvalue weighted by atomic mass is 35.5. The van der Waals surface area contributed by atoms with Crippen molar-refractivity contribution in [1.29, 1.82) is 0 Å². The molecule has 0 saturated carbocycles.